The number of aryl methyl sites for hydroxylation is 2. The molecule has 0 spiro atoms. The minimum atomic E-state index is -0.644. The molecule has 0 radical (unpaired) electrons. The summed E-state index contributed by atoms with van der Waals surface area (Å²) in [6.07, 6.45) is 0. The van der Waals surface area contributed by atoms with Crippen molar-refractivity contribution in [3.8, 4) is 5.75 Å². The SMILES string of the molecule is COc1ccc(C(=O)Nc2cc(C)c(C)cc2N)c(F)c1. The molecule has 2 rings (SSSR count). The Morgan fingerprint density at radius 2 is 1.86 bits per heavy atom. The molecule has 0 unspecified atom stereocenters. The second-order valence-corrected chi connectivity index (χ2v) is 4.82. The predicted octanol–water partition coefficient (Wildman–Crippen LogP) is 3.29. The fourth-order valence-electron chi connectivity index (χ4n) is 1.94. The summed E-state index contributed by atoms with van der Waals surface area (Å²) < 4.78 is 18.8. The van der Waals surface area contributed by atoms with Crippen molar-refractivity contribution in [2.24, 2.45) is 0 Å². The van der Waals surface area contributed by atoms with Gasteiger partial charge < -0.3 is 15.8 Å². The molecule has 1 amide bonds. The Morgan fingerprint density at radius 3 is 2.48 bits per heavy atom. The van der Waals surface area contributed by atoms with Gasteiger partial charge in [0.1, 0.15) is 11.6 Å². The number of hydrogen-bond donors (Lipinski definition) is 2. The van der Waals surface area contributed by atoms with Crippen LogP contribution in [0.4, 0.5) is 15.8 Å². The highest BCUT2D eigenvalue weighted by Crippen LogP contribution is 2.24. The van der Waals surface area contributed by atoms with Gasteiger partial charge in [-0.2, -0.15) is 0 Å². The van der Waals surface area contributed by atoms with E-state index in [-0.39, 0.29) is 5.56 Å². The molecule has 0 heterocycles. The minimum Gasteiger partial charge on any atom is -0.497 e. The van der Waals surface area contributed by atoms with Crippen LogP contribution in [0.5, 0.6) is 5.75 Å². The lowest BCUT2D eigenvalue weighted by Crippen LogP contribution is -2.15. The third kappa shape index (κ3) is 3.13. The van der Waals surface area contributed by atoms with Crippen molar-refractivity contribution in [1.29, 1.82) is 0 Å². The maximum atomic E-state index is 13.9. The molecule has 2 aromatic rings. The van der Waals surface area contributed by atoms with E-state index in [0.29, 0.717) is 17.1 Å². The molecule has 0 aromatic heterocycles. The van der Waals surface area contributed by atoms with Gasteiger partial charge in [0.25, 0.3) is 5.91 Å². The predicted molar refractivity (Wildman–Crippen MR) is 81.2 cm³/mol. The minimum absolute atomic E-state index is 0.0616. The standard InChI is InChI=1S/C16H17FN2O2/c1-9-6-14(18)15(7-10(9)2)19-16(20)12-5-4-11(21-3)8-13(12)17/h4-8H,18H2,1-3H3,(H,19,20). The van der Waals surface area contributed by atoms with Gasteiger partial charge in [-0.1, -0.05) is 0 Å². The lowest BCUT2D eigenvalue weighted by atomic mass is 10.1. The number of carbonyl (C=O) groups is 1. The molecule has 0 fully saturated rings. The first-order chi connectivity index (χ1) is 9.92. The molecule has 0 saturated heterocycles. The lowest BCUT2D eigenvalue weighted by Gasteiger charge is -2.12. The van der Waals surface area contributed by atoms with E-state index in [4.69, 9.17) is 10.5 Å². The van der Waals surface area contributed by atoms with Crippen LogP contribution in [0.2, 0.25) is 0 Å². The van der Waals surface area contributed by atoms with Crippen LogP contribution >= 0.6 is 0 Å². The van der Waals surface area contributed by atoms with E-state index in [1.165, 1.54) is 25.3 Å². The van der Waals surface area contributed by atoms with Crippen LogP contribution in [0.25, 0.3) is 0 Å². The highest BCUT2D eigenvalue weighted by atomic mass is 19.1. The van der Waals surface area contributed by atoms with Crippen LogP contribution in [0.1, 0.15) is 21.5 Å². The van der Waals surface area contributed by atoms with Gasteiger partial charge in [-0.25, -0.2) is 4.39 Å². The van der Waals surface area contributed by atoms with Gasteiger partial charge in [0.2, 0.25) is 0 Å². The molecule has 0 saturated carbocycles. The van der Waals surface area contributed by atoms with Crippen molar-refractivity contribution in [1.82, 2.24) is 0 Å². The Kier molecular flexibility index (Phi) is 4.12. The molecule has 110 valence electrons. The van der Waals surface area contributed by atoms with Gasteiger partial charge >= 0.3 is 0 Å². The molecule has 21 heavy (non-hydrogen) atoms. The number of methoxy groups -OCH3 is 1. The summed E-state index contributed by atoms with van der Waals surface area (Å²) in [5.74, 6) is -0.839. The number of nitrogen functional groups attached to an aromatic ring is 1. The highest BCUT2D eigenvalue weighted by molar-refractivity contribution is 6.06. The zero-order valence-electron chi connectivity index (χ0n) is 12.2. The Balaban J connectivity index is 2.28. The molecule has 0 aliphatic rings. The Bertz CT molecular complexity index is 699. The molecule has 3 N–H and O–H groups in total. The summed E-state index contributed by atoms with van der Waals surface area (Å²) in [5, 5.41) is 2.63. The number of nitrogens with two attached hydrogens (primary N) is 1. The van der Waals surface area contributed by atoms with Crippen molar-refractivity contribution in [2.45, 2.75) is 13.8 Å². The molecule has 0 bridgehead atoms. The molecule has 4 nitrogen and oxygen atoms in total. The number of ether oxygens (including phenoxy) is 1. The number of anilines is 2. The summed E-state index contributed by atoms with van der Waals surface area (Å²) in [7, 11) is 1.43. The first kappa shape index (κ1) is 14.8. The number of carbonyl (C=O) groups excluding carboxylic acids is 1. The van der Waals surface area contributed by atoms with Crippen molar-refractivity contribution >= 4 is 17.3 Å². The van der Waals surface area contributed by atoms with E-state index in [0.717, 1.165) is 11.1 Å². The van der Waals surface area contributed by atoms with Gasteiger partial charge in [-0.15, -0.1) is 0 Å². The first-order valence-electron chi connectivity index (χ1n) is 6.44. The van der Waals surface area contributed by atoms with Gasteiger partial charge in [-0.05, 0) is 49.2 Å². The van der Waals surface area contributed by atoms with Crippen LogP contribution in [0.3, 0.4) is 0 Å². The quantitative estimate of drug-likeness (QED) is 0.852. The third-order valence-corrected chi connectivity index (χ3v) is 3.33. The van der Waals surface area contributed by atoms with Gasteiger partial charge in [0, 0.05) is 6.07 Å². The number of rotatable bonds is 3. The fraction of sp³-hybridized carbons (Fsp3) is 0.188. The average molecular weight is 288 g/mol. The molecule has 0 atom stereocenters. The summed E-state index contributed by atoms with van der Waals surface area (Å²) in [6, 6.07) is 7.61. The second-order valence-electron chi connectivity index (χ2n) is 4.82. The molecular weight excluding hydrogens is 271 g/mol. The van der Waals surface area contributed by atoms with E-state index < -0.39 is 11.7 Å². The number of halogens is 1. The molecule has 2 aromatic carbocycles. The number of benzene rings is 2. The zero-order valence-corrected chi connectivity index (χ0v) is 12.2. The van der Waals surface area contributed by atoms with Crippen LogP contribution in [-0.2, 0) is 0 Å². The zero-order chi connectivity index (χ0) is 15.6. The molecule has 0 aliphatic heterocycles. The lowest BCUT2D eigenvalue weighted by molar-refractivity contribution is 0.102. The van der Waals surface area contributed by atoms with Crippen LogP contribution in [0, 0.1) is 19.7 Å². The maximum Gasteiger partial charge on any atom is 0.258 e. The summed E-state index contributed by atoms with van der Waals surface area (Å²) in [5.41, 5.74) is 8.75. The van der Waals surface area contributed by atoms with Crippen molar-refractivity contribution in [3.05, 3.63) is 52.8 Å². The van der Waals surface area contributed by atoms with Crippen molar-refractivity contribution in [2.75, 3.05) is 18.2 Å². The maximum absolute atomic E-state index is 13.9. The fourth-order valence-corrected chi connectivity index (χ4v) is 1.94. The Morgan fingerprint density at radius 1 is 1.19 bits per heavy atom. The largest absolute Gasteiger partial charge is 0.497 e. The Labute approximate surface area is 122 Å². The van der Waals surface area contributed by atoms with Crippen molar-refractivity contribution in [3.63, 3.8) is 0 Å². The number of nitrogens with one attached hydrogen (secondary N) is 1. The normalized spacial score (nSPS) is 10.3. The monoisotopic (exact) mass is 288 g/mol. The summed E-state index contributed by atoms with van der Waals surface area (Å²) in [4.78, 5) is 12.1. The van der Waals surface area contributed by atoms with E-state index in [9.17, 15) is 9.18 Å². The molecular formula is C16H17FN2O2. The smallest absolute Gasteiger partial charge is 0.258 e. The molecule has 5 heteroatoms. The molecule has 0 aliphatic carbocycles. The van der Waals surface area contributed by atoms with E-state index in [1.54, 1.807) is 12.1 Å². The van der Waals surface area contributed by atoms with Gasteiger partial charge in [-0.3, -0.25) is 4.79 Å². The Hall–Kier alpha value is -2.56. The number of amides is 1. The first-order valence-corrected chi connectivity index (χ1v) is 6.44. The topological polar surface area (TPSA) is 64.3 Å². The van der Waals surface area contributed by atoms with Crippen LogP contribution in [-0.4, -0.2) is 13.0 Å². The summed E-state index contributed by atoms with van der Waals surface area (Å²) in [6.45, 7) is 3.85. The van der Waals surface area contributed by atoms with E-state index >= 15 is 0 Å². The van der Waals surface area contributed by atoms with Crippen LogP contribution < -0.4 is 15.8 Å². The highest BCUT2D eigenvalue weighted by Gasteiger charge is 2.14. The van der Waals surface area contributed by atoms with Gasteiger partial charge in [0.15, 0.2) is 0 Å². The number of hydrogen-bond acceptors (Lipinski definition) is 3. The van der Waals surface area contributed by atoms with E-state index in [1.807, 2.05) is 13.8 Å². The van der Waals surface area contributed by atoms with E-state index in [2.05, 4.69) is 5.32 Å². The summed E-state index contributed by atoms with van der Waals surface area (Å²) >= 11 is 0. The second kappa shape index (κ2) is 5.83. The average Bonchev–Trinajstić information content (AvgIpc) is 2.44. The van der Waals surface area contributed by atoms with Crippen LogP contribution in [0.15, 0.2) is 30.3 Å². The van der Waals surface area contributed by atoms with Gasteiger partial charge in [0.05, 0.1) is 24.0 Å². The van der Waals surface area contributed by atoms with Crippen molar-refractivity contribution < 1.29 is 13.9 Å². The third-order valence-electron chi connectivity index (χ3n) is 3.33.